The number of anilines is 1. The van der Waals surface area contributed by atoms with Crippen LogP contribution in [0.1, 0.15) is 17.4 Å². The standard InChI is InChI=1S/C17H14FN3O3/c1-11(16(22)19-13-7-5-12(18)6-8-13)24-17(23)14-10-21-9-3-2-4-15(21)20-14/h2-11H,1H3,(H,19,22)/t11-/m0/s1. The lowest BCUT2D eigenvalue weighted by Crippen LogP contribution is -2.30. The van der Waals surface area contributed by atoms with Crippen LogP contribution >= 0.6 is 0 Å². The first-order valence-electron chi connectivity index (χ1n) is 7.24. The van der Waals surface area contributed by atoms with Gasteiger partial charge >= 0.3 is 5.97 Å². The van der Waals surface area contributed by atoms with Gasteiger partial charge in [-0.3, -0.25) is 4.79 Å². The molecule has 0 aliphatic carbocycles. The maximum atomic E-state index is 12.8. The number of aromatic nitrogens is 2. The minimum atomic E-state index is -1.02. The zero-order chi connectivity index (χ0) is 17.1. The number of halogens is 1. The van der Waals surface area contributed by atoms with E-state index < -0.39 is 23.8 Å². The highest BCUT2D eigenvalue weighted by Gasteiger charge is 2.21. The molecule has 0 unspecified atom stereocenters. The van der Waals surface area contributed by atoms with Gasteiger partial charge in [0.05, 0.1) is 0 Å². The van der Waals surface area contributed by atoms with Gasteiger partial charge in [-0.25, -0.2) is 14.2 Å². The molecule has 7 heteroatoms. The van der Waals surface area contributed by atoms with Gasteiger partial charge in [-0.1, -0.05) is 6.07 Å². The Bertz CT molecular complexity index is 856. The summed E-state index contributed by atoms with van der Waals surface area (Å²) in [6.45, 7) is 1.45. The lowest BCUT2D eigenvalue weighted by molar-refractivity contribution is -0.123. The number of nitrogens with zero attached hydrogens (tertiary/aromatic N) is 2. The normalized spacial score (nSPS) is 11.9. The summed E-state index contributed by atoms with van der Waals surface area (Å²) >= 11 is 0. The molecule has 0 saturated carbocycles. The van der Waals surface area contributed by atoms with Crippen LogP contribution < -0.4 is 5.32 Å². The van der Waals surface area contributed by atoms with Gasteiger partial charge in [0.25, 0.3) is 5.91 Å². The van der Waals surface area contributed by atoms with Gasteiger partial charge in [0.1, 0.15) is 11.5 Å². The summed E-state index contributed by atoms with van der Waals surface area (Å²) < 4.78 is 19.6. The van der Waals surface area contributed by atoms with E-state index >= 15 is 0 Å². The molecular formula is C17H14FN3O3. The lowest BCUT2D eigenvalue weighted by atomic mass is 10.3. The van der Waals surface area contributed by atoms with Crippen LogP contribution in [-0.2, 0) is 9.53 Å². The molecule has 0 fully saturated rings. The van der Waals surface area contributed by atoms with Crippen molar-refractivity contribution >= 4 is 23.2 Å². The van der Waals surface area contributed by atoms with Crippen LogP contribution in [0.5, 0.6) is 0 Å². The molecule has 1 N–H and O–H groups in total. The number of ether oxygens (including phenoxy) is 1. The van der Waals surface area contributed by atoms with Crippen LogP contribution in [0.15, 0.2) is 54.9 Å². The number of rotatable bonds is 4. The third kappa shape index (κ3) is 3.40. The Labute approximate surface area is 136 Å². The summed E-state index contributed by atoms with van der Waals surface area (Å²) in [4.78, 5) is 28.3. The number of pyridine rings is 1. The number of carbonyl (C=O) groups is 2. The lowest BCUT2D eigenvalue weighted by Gasteiger charge is -2.12. The van der Waals surface area contributed by atoms with Crippen LogP contribution in [0.25, 0.3) is 5.65 Å². The largest absolute Gasteiger partial charge is 0.448 e. The molecule has 6 nitrogen and oxygen atoms in total. The van der Waals surface area contributed by atoms with Gasteiger partial charge in [0.15, 0.2) is 11.8 Å². The van der Waals surface area contributed by atoms with E-state index in [1.165, 1.54) is 37.4 Å². The summed E-state index contributed by atoms with van der Waals surface area (Å²) in [5.41, 5.74) is 1.13. The van der Waals surface area contributed by atoms with Crippen LogP contribution in [0, 0.1) is 5.82 Å². The Balaban J connectivity index is 1.64. The SMILES string of the molecule is C[C@H](OC(=O)c1cn2ccccc2n1)C(=O)Nc1ccc(F)cc1. The molecule has 3 rings (SSSR count). The van der Waals surface area contributed by atoms with E-state index in [-0.39, 0.29) is 5.69 Å². The first kappa shape index (κ1) is 15.7. The molecule has 2 aromatic heterocycles. The topological polar surface area (TPSA) is 72.7 Å². The van der Waals surface area contributed by atoms with E-state index in [0.717, 1.165) is 0 Å². The van der Waals surface area contributed by atoms with Crippen LogP contribution in [0.2, 0.25) is 0 Å². The first-order chi connectivity index (χ1) is 11.5. The highest BCUT2D eigenvalue weighted by Crippen LogP contribution is 2.11. The maximum absolute atomic E-state index is 12.8. The molecule has 0 saturated heterocycles. The maximum Gasteiger partial charge on any atom is 0.359 e. The van der Waals surface area contributed by atoms with E-state index in [4.69, 9.17) is 4.74 Å². The molecule has 0 bridgehead atoms. The van der Waals surface area contributed by atoms with E-state index in [9.17, 15) is 14.0 Å². The number of nitrogens with one attached hydrogen (secondary N) is 1. The third-order valence-electron chi connectivity index (χ3n) is 3.34. The van der Waals surface area contributed by atoms with Gasteiger partial charge in [-0.2, -0.15) is 0 Å². The summed E-state index contributed by atoms with van der Waals surface area (Å²) in [7, 11) is 0. The number of fused-ring (bicyclic) bond motifs is 1. The van der Waals surface area contributed by atoms with Crippen molar-refractivity contribution in [1.29, 1.82) is 0 Å². The second-order valence-corrected chi connectivity index (χ2v) is 5.14. The zero-order valence-corrected chi connectivity index (χ0v) is 12.8. The number of benzene rings is 1. The van der Waals surface area contributed by atoms with Crippen molar-refractivity contribution in [3.8, 4) is 0 Å². The summed E-state index contributed by atoms with van der Waals surface area (Å²) in [5, 5.41) is 2.54. The van der Waals surface area contributed by atoms with Crippen LogP contribution in [0.3, 0.4) is 0 Å². The molecule has 0 aliphatic heterocycles. The van der Waals surface area contributed by atoms with E-state index in [2.05, 4.69) is 10.3 Å². The fourth-order valence-electron chi connectivity index (χ4n) is 2.08. The molecular weight excluding hydrogens is 313 g/mol. The van der Waals surface area contributed by atoms with Gasteiger partial charge in [0.2, 0.25) is 0 Å². The second kappa shape index (κ2) is 6.49. The first-order valence-corrected chi connectivity index (χ1v) is 7.24. The molecule has 0 aliphatic rings. The molecule has 1 atom stereocenters. The zero-order valence-electron chi connectivity index (χ0n) is 12.8. The molecule has 3 aromatic rings. The fraction of sp³-hybridized carbons (Fsp3) is 0.118. The number of carbonyl (C=O) groups excluding carboxylic acids is 2. The van der Waals surface area contributed by atoms with Crippen molar-refractivity contribution in [3.63, 3.8) is 0 Å². The molecule has 24 heavy (non-hydrogen) atoms. The third-order valence-corrected chi connectivity index (χ3v) is 3.34. The predicted molar refractivity (Wildman–Crippen MR) is 85.1 cm³/mol. The molecule has 2 heterocycles. The van der Waals surface area contributed by atoms with Gasteiger partial charge in [-0.05, 0) is 43.3 Å². The molecule has 1 amide bonds. The number of hydrogen-bond acceptors (Lipinski definition) is 4. The monoisotopic (exact) mass is 327 g/mol. The van der Waals surface area contributed by atoms with Crippen molar-refractivity contribution < 1.29 is 18.7 Å². The Kier molecular flexibility index (Phi) is 4.24. The average Bonchev–Trinajstić information content (AvgIpc) is 3.01. The minimum Gasteiger partial charge on any atom is -0.448 e. The van der Waals surface area contributed by atoms with Crippen molar-refractivity contribution in [2.75, 3.05) is 5.32 Å². The van der Waals surface area contributed by atoms with E-state index in [1.54, 1.807) is 22.7 Å². The average molecular weight is 327 g/mol. The highest BCUT2D eigenvalue weighted by atomic mass is 19.1. The van der Waals surface area contributed by atoms with Gasteiger partial charge < -0.3 is 14.5 Å². The van der Waals surface area contributed by atoms with Crippen molar-refractivity contribution in [1.82, 2.24) is 9.38 Å². The van der Waals surface area contributed by atoms with Crippen molar-refractivity contribution in [3.05, 3.63) is 66.4 Å². The Morgan fingerprint density at radius 1 is 1.21 bits per heavy atom. The Morgan fingerprint density at radius 2 is 1.96 bits per heavy atom. The van der Waals surface area contributed by atoms with Gasteiger partial charge in [0, 0.05) is 18.1 Å². The number of hydrogen-bond donors (Lipinski definition) is 1. The highest BCUT2D eigenvalue weighted by molar-refractivity contribution is 5.96. The van der Waals surface area contributed by atoms with Crippen molar-refractivity contribution in [2.45, 2.75) is 13.0 Å². The smallest absolute Gasteiger partial charge is 0.359 e. The van der Waals surface area contributed by atoms with Crippen LogP contribution in [-0.4, -0.2) is 27.4 Å². The number of imidazole rings is 1. The predicted octanol–water partition coefficient (Wildman–Crippen LogP) is 2.66. The van der Waals surface area contributed by atoms with Crippen molar-refractivity contribution in [2.24, 2.45) is 0 Å². The Hall–Kier alpha value is -3.22. The molecule has 122 valence electrons. The van der Waals surface area contributed by atoms with Crippen LogP contribution in [0.4, 0.5) is 10.1 Å². The Morgan fingerprint density at radius 3 is 2.67 bits per heavy atom. The van der Waals surface area contributed by atoms with Gasteiger partial charge in [-0.15, -0.1) is 0 Å². The number of esters is 1. The second-order valence-electron chi connectivity index (χ2n) is 5.14. The summed E-state index contributed by atoms with van der Waals surface area (Å²) in [5.74, 6) is -1.61. The molecule has 0 spiro atoms. The molecule has 0 radical (unpaired) electrons. The quantitative estimate of drug-likeness (QED) is 0.748. The van der Waals surface area contributed by atoms with E-state index in [0.29, 0.717) is 11.3 Å². The van der Waals surface area contributed by atoms with E-state index in [1.807, 2.05) is 6.07 Å². The number of amides is 1. The summed E-state index contributed by atoms with van der Waals surface area (Å²) in [6.07, 6.45) is 2.26. The molecule has 1 aromatic carbocycles. The fourth-order valence-corrected chi connectivity index (χ4v) is 2.08. The summed E-state index contributed by atoms with van der Waals surface area (Å²) in [6, 6.07) is 10.7. The minimum absolute atomic E-state index is 0.114.